The van der Waals surface area contributed by atoms with Gasteiger partial charge in [0, 0.05) is 24.6 Å². The summed E-state index contributed by atoms with van der Waals surface area (Å²) in [5.41, 5.74) is -0.909. The minimum Gasteiger partial charge on any atom is -0.481 e. The number of ketones is 1. The van der Waals surface area contributed by atoms with Gasteiger partial charge >= 0.3 is 11.7 Å². The molecule has 1 aliphatic heterocycles. The van der Waals surface area contributed by atoms with Crippen LogP contribution in [0.5, 0.6) is 0 Å². The van der Waals surface area contributed by atoms with Crippen molar-refractivity contribution in [1.29, 1.82) is 0 Å². The number of carboxylic acids is 1. The van der Waals surface area contributed by atoms with Crippen LogP contribution < -0.4 is 11.2 Å². The van der Waals surface area contributed by atoms with Crippen molar-refractivity contribution >= 4 is 11.8 Å². The molecule has 2 heterocycles. The van der Waals surface area contributed by atoms with Gasteiger partial charge in [-0.25, -0.2) is 4.79 Å². The Hall–Kier alpha value is -2.26. The van der Waals surface area contributed by atoms with E-state index in [9.17, 15) is 19.2 Å². The fourth-order valence-corrected chi connectivity index (χ4v) is 2.29. The fourth-order valence-electron chi connectivity index (χ4n) is 2.29. The van der Waals surface area contributed by atoms with Crippen molar-refractivity contribution in [3.05, 3.63) is 33.1 Å². The Labute approximate surface area is 137 Å². The summed E-state index contributed by atoms with van der Waals surface area (Å²) in [5, 5.41) is 17.0. The number of carboxylic acid groups (broad SMARTS) is 1. The predicted molar refractivity (Wildman–Crippen MR) is 83.7 cm³/mol. The van der Waals surface area contributed by atoms with Gasteiger partial charge in [0.2, 0.25) is 0 Å². The molecule has 3 unspecified atom stereocenters. The molecule has 1 aromatic rings. The molecular formula is C15H22N2O7. The summed E-state index contributed by atoms with van der Waals surface area (Å²) in [6.45, 7) is 3.26. The van der Waals surface area contributed by atoms with Crippen LogP contribution in [0, 0.1) is 5.92 Å². The number of Topliss-reactive ketones (excluding diaryl/α,β-unsaturated/α-hetero) is 1. The standard InChI is InChI=1S/C10H14N2O4.C5H8O3/c1-6-4-7(5-13)16-9(6)12-3-2-8(14)11-10(12)15;1-4(6)2-3-5(7)8/h2-3,6-7,9,13H,4-5H2,1H3,(H,11,14,15);2-3H2,1H3,(H,7,8). The van der Waals surface area contributed by atoms with E-state index in [1.54, 1.807) is 0 Å². The Bertz CT molecular complexity index is 665. The minimum atomic E-state index is -0.916. The van der Waals surface area contributed by atoms with Gasteiger partial charge in [-0.2, -0.15) is 0 Å². The van der Waals surface area contributed by atoms with Crippen LogP contribution in [-0.2, 0) is 14.3 Å². The average Bonchev–Trinajstić information content (AvgIpc) is 2.87. The van der Waals surface area contributed by atoms with Crippen LogP contribution in [0.4, 0.5) is 0 Å². The van der Waals surface area contributed by atoms with Crippen molar-refractivity contribution in [2.75, 3.05) is 6.61 Å². The maximum atomic E-state index is 11.5. The van der Waals surface area contributed by atoms with Crippen LogP contribution in [0.2, 0.25) is 0 Å². The van der Waals surface area contributed by atoms with Gasteiger partial charge in [-0.3, -0.25) is 19.1 Å². The molecule has 0 amide bonds. The number of aliphatic hydroxyl groups excluding tert-OH is 1. The lowest BCUT2D eigenvalue weighted by atomic mass is 10.1. The monoisotopic (exact) mass is 342 g/mol. The summed E-state index contributed by atoms with van der Waals surface area (Å²) >= 11 is 0. The second kappa shape index (κ2) is 9.14. The molecule has 0 aliphatic carbocycles. The number of aliphatic carboxylic acids is 1. The number of carbonyl (C=O) groups excluding carboxylic acids is 1. The molecule has 1 aliphatic rings. The first-order valence-corrected chi connectivity index (χ1v) is 7.53. The van der Waals surface area contributed by atoms with Crippen LogP contribution in [0.3, 0.4) is 0 Å². The summed E-state index contributed by atoms with van der Waals surface area (Å²) in [6, 6.07) is 1.28. The van der Waals surface area contributed by atoms with Crippen molar-refractivity contribution in [2.45, 2.75) is 45.4 Å². The third kappa shape index (κ3) is 6.09. The van der Waals surface area contributed by atoms with Crippen LogP contribution in [0.15, 0.2) is 21.9 Å². The van der Waals surface area contributed by atoms with E-state index in [1.807, 2.05) is 6.92 Å². The molecule has 1 saturated heterocycles. The Morgan fingerprint density at radius 1 is 1.38 bits per heavy atom. The van der Waals surface area contributed by atoms with Crippen LogP contribution in [0.1, 0.15) is 39.3 Å². The van der Waals surface area contributed by atoms with E-state index < -0.39 is 23.4 Å². The molecule has 9 nitrogen and oxygen atoms in total. The SMILES string of the molecule is CC(=O)CCC(=O)O.CC1CC(CO)OC1n1ccc(=O)[nH]c1=O. The summed E-state index contributed by atoms with van der Waals surface area (Å²) < 4.78 is 6.87. The molecule has 3 atom stereocenters. The Morgan fingerprint density at radius 3 is 2.46 bits per heavy atom. The van der Waals surface area contributed by atoms with Crippen molar-refractivity contribution in [3.63, 3.8) is 0 Å². The van der Waals surface area contributed by atoms with E-state index in [1.165, 1.54) is 23.8 Å². The molecule has 1 aromatic heterocycles. The predicted octanol–water partition coefficient (Wildman–Crippen LogP) is -0.107. The molecular weight excluding hydrogens is 320 g/mol. The minimum absolute atomic E-state index is 0.0463. The number of aliphatic hydroxyl groups is 1. The van der Waals surface area contributed by atoms with Crippen LogP contribution in [-0.4, -0.2) is 44.2 Å². The molecule has 0 spiro atoms. The highest BCUT2D eigenvalue weighted by molar-refractivity contribution is 5.80. The van der Waals surface area contributed by atoms with Gasteiger partial charge in [0.25, 0.3) is 5.56 Å². The van der Waals surface area contributed by atoms with Crippen molar-refractivity contribution in [3.8, 4) is 0 Å². The van der Waals surface area contributed by atoms with Crippen molar-refractivity contribution in [2.24, 2.45) is 5.92 Å². The van der Waals surface area contributed by atoms with Gasteiger partial charge < -0.3 is 19.7 Å². The molecule has 0 aromatic carbocycles. The number of hydrogen-bond donors (Lipinski definition) is 3. The lowest BCUT2D eigenvalue weighted by molar-refractivity contribution is -0.138. The van der Waals surface area contributed by atoms with E-state index in [0.717, 1.165) is 0 Å². The highest BCUT2D eigenvalue weighted by atomic mass is 16.5. The number of hydrogen-bond acceptors (Lipinski definition) is 6. The maximum absolute atomic E-state index is 11.5. The average molecular weight is 342 g/mol. The lowest BCUT2D eigenvalue weighted by Crippen LogP contribution is -2.33. The molecule has 24 heavy (non-hydrogen) atoms. The van der Waals surface area contributed by atoms with E-state index in [4.69, 9.17) is 14.9 Å². The number of carbonyl (C=O) groups is 2. The van der Waals surface area contributed by atoms with E-state index >= 15 is 0 Å². The third-order valence-corrected chi connectivity index (χ3v) is 3.47. The van der Waals surface area contributed by atoms with Crippen LogP contribution in [0.25, 0.3) is 0 Å². The van der Waals surface area contributed by atoms with E-state index in [0.29, 0.717) is 6.42 Å². The van der Waals surface area contributed by atoms with Gasteiger partial charge in [0.15, 0.2) is 0 Å². The van der Waals surface area contributed by atoms with E-state index in [2.05, 4.69) is 4.98 Å². The normalized spacial score (nSPS) is 22.5. The summed E-state index contributed by atoms with van der Waals surface area (Å²) in [7, 11) is 0. The summed E-state index contributed by atoms with van der Waals surface area (Å²) in [4.78, 5) is 44.5. The number of ether oxygens (including phenoxy) is 1. The molecule has 0 bridgehead atoms. The molecule has 2 rings (SSSR count). The molecule has 0 saturated carbocycles. The van der Waals surface area contributed by atoms with Gasteiger partial charge in [0.05, 0.1) is 19.1 Å². The van der Waals surface area contributed by atoms with Gasteiger partial charge in [-0.1, -0.05) is 6.92 Å². The number of rotatable bonds is 5. The largest absolute Gasteiger partial charge is 0.481 e. The Morgan fingerprint density at radius 2 is 2.04 bits per heavy atom. The molecule has 3 N–H and O–H groups in total. The topological polar surface area (TPSA) is 139 Å². The highest BCUT2D eigenvalue weighted by Crippen LogP contribution is 2.32. The number of aromatic nitrogens is 2. The van der Waals surface area contributed by atoms with Gasteiger partial charge in [-0.15, -0.1) is 0 Å². The second-order valence-corrected chi connectivity index (χ2v) is 5.66. The van der Waals surface area contributed by atoms with Crippen molar-refractivity contribution in [1.82, 2.24) is 9.55 Å². The number of nitrogens with one attached hydrogen (secondary N) is 1. The molecule has 1 fully saturated rings. The van der Waals surface area contributed by atoms with E-state index in [-0.39, 0.29) is 37.3 Å². The smallest absolute Gasteiger partial charge is 0.330 e. The zero-order chi connectivity index (χ0) is 18.3. The number of aromatic amines is 1. The van der Waals surface area contributed by atoms with Gasteiger partial charge in [-0.05, 0) is 13.3 Å². The third-order valence-electron chi connectivity index (χ3n) is 3.47. The first-order chi connectivity index (χ1) is 11.2. The zero-order valence-corrected chi connectivity index (χ0v) is 13.6. The first kappa shape index (κ1) is 19.8. The van der Waals surface area contributed by atoms with Gasteiger partial charge in [0.1, 0.15) is 12.0 Å². The first-order valence-electron chi connectivity index (χ1n) is 7.53. The quantitative estimate of drug-likeness (QED) is 0.678. The Balaban J connectivity index is 0.000000307. The Kier molecular flexibility index (Phi) is 7.53. The van der Waals surface area contributed by atoms with Crippen molar-refractivity contribution < 1.29 is 24.5 Å². The highest BCUT2D eigenvalue weighted by Gasteiger charge is 2.33. The number of nitrogens with zero attached hydrogens (tertiary/aromatic N) is 1. The fraction of sp³-hybridized carbons (Fsp3) is 0.600. The summed E-state index contributed by atoms with van der Waals surface area (Å²) in [6.07, 6.45) is 1.57. The number of H-pyrrole nitrogens is 1. The molecule has 9 heteroatoms. The van der Waals surface area contributed by atoms with Crippen LogP contribution >= 0.6 is 0 Å². The second-order valence-electron chi connectivity index (χ2n) is 5.66. The zero-order valence-electron chi connectivity index (χ0n) is 13.6. The maximum Gasteiger partial charge on any atom is 0.330 e. The molecule has 134 valence electrons. The lowest BCUT2D eigenvalue weighted by Gasteiger charge is -2.17. The summed E-state index contributed by atoms with van der Waals surface area (Å²) in [5.74, 6) is -0.867. The molecule has 0 radical (unpaired) electrons.